The van der Waals surface area contributed by atoms with Gasteiger partial charge < -0.3 is 9.73 Å². The van der Waals surface area contributed by atoms with E-state index in [1.807, 2.05) is 24.3 Å². The molecule has 21 heavy (non-hydrogen) atoms. The zero-order valence-electron chi connectivity index (χ0n) is 11.3. The summed E-state index contributed by atoms with van der Waals surface area (Å²) in [7, 11) is 0. The molecule has 0 radical (unpaired) electrons. The maximum absolute atomic E-state index is 12.0. The van der Waals surface area contributed by atoms with Crippen LogP contribution in [-0.2, 0) is 6.42 Å². The highest BCUT2D eigenvalue weighted by Gasteiger charge is 2.10. The molecule has 0 saturated carbocycles. The first-order valence-electron chi connectivity index (χ1n) is 6.73. The van der Waals surface area contributed by atoms with Gasteiger partial charge in [0.1, 0.15) is 5.58 Å². The molecule has 0 aliphatic heterocycles. The third-order valence-corrected chi connectivity index (χ3v) is 3.69. The lowest BCUT2D eigenvalue weighted by molar-refractivity contribution is 0.0954. The fourth-order valence-corrected chi connectivity index (χ4v) is 2.50. The molecule has 0 atom stereocenters. The third-order valence-electron chi connectivity index (χ3n) is 3.36. The van der Waals surface area contributed by atoms with Gasteiger partial charge in [-0.15, -0.1) is 0 Å². The number of benzene rings is 2. The molecule has 0 bridgehead atoms. The Hall–Kier alpha value is -2.26. The second-order valence-electron chi connectivity index (χ2n) is 4.74. The van der Waals surface area contributed by atoms with Crippen LogP contribution in [0, 0.1) is 0 Å². The Morgan fingerprint density at radius 2 is 1.86 bits per heavy atom. The minimum atomic E-state index is -0.159. The molecule has 0 aliphatic carbocycles. The van der Waals surface area contributed by atoms with Crippen LogP contribution in [0.4, 0.5) is 0 Å². The maximum Gasteiger partial charge on any atom is 0.252 e. The molecule has 0 unspecified atom stereocenters. The fraction of sp³-hybridized carbons (Fsp3) is 0.118. The van der Waals surface area contributed by atoms with Gasteiger partial charge in [0, 0.05) is 11.9 Å². The molecule has 3 nitrogen and oxygen atoms in total. The number of fused-ring (bicyclic) bond motifs is 1. The Labute approximate surface area is 127 Å². The van der Waals surface area contributed by atoms with Crippen LogP contribution in [0.3, 0.4) is 0 Å². The van der Waals surface area contributed by atoms with Gasteiger partial charge in [0.05, 0.1) is 16.8 Å². The average molecular weight is 300 g/mol. The normalized spacial score (nSPS) is 10.7. The summed E-state index contributed by atoms with van der Waals surface area (Å²) >= 11 is 6.00. The number of furan rings is 1. The molecule has 0 aliphatic rings. The molecule has 0 fully saturated rings. The standard InChI is InChI=1S/C17H14ClNO2/c18-15-7-3-1-6-14(15)17(20)19-10-9-12-11-21-16-8-4-2-5-13(12)16/h1-8,11H,9-10H2,(H,19,20). The van der Waals surface area contributed by atoms with Crippen molar-refractivity contribution in [2.24, 2.45) is 0 Å². The Bertz CT molecular complexity index is 779. The Kier molecular flexibility index (Phi) is 3.93. The number of hydrogen-bond donors (Lipinski definition) is 1. The highest BCUT2D eigenvalue weighted by molar-refractivity contribution is 6.33. The first-order valence-corrected chi connectivity index (χ1v) is 7.11. The lowest BCUT2D eigenvalue weighted by Crippen LogP contribution is -2.25. The van der Waals surface area contributed by atoms with Crippen LogP contribution in [0.15, 0.2) is 59.2 Å². The minimum absolute atomic E-state index is 0.159. The van der Waals surface area contributed by atoms with Gasteiger partial charge in [-0.2, -0.15) is 0 Å². The molecule has 1 N–H and O–H groups in total. The van der Waals surface area contributed by atoms with Crippen molar-refractivity contribution in [2.75, 3.05) is 6.54 Å². The number of carbonyl (C=O) groups excluding carboxylic acids is 1. The monoisotopic (exact) mass is 299 g/mol. The molecule has 3 rings (SSSR count). The molecule has 3 aromatic rings. The molecule has 1 aromatic heterocycles. The number of hydrogen-bond acceptors (Lipinski definition) is 2. The average Bonchev–Trinajstić information content (AvgIpc) is 2.91. The number of amides is 1. The number of rotatable bonds is 4. The van der Waals surface area contributed by atoms with Gasteiger partial charge in [0.2, 0.25) is 0 Å². The van der Waals surface area contributed by atoms with Crippen molar-refractivity contribution in [3.8, 4) is 0 Å². The summed E-state index contributed by atoms with van der Waals surface area (Å²) in [6.07, 6.45) is 2.46. The zero-order valence-corrected chi connectivity index (χ0v) is 12.1. The topological polar surface area (TPSA) is 42.2 Å². The van der Waals surface area contributed by atoms with Crippen LogP contribution in [-0.4, -0.2) is 12.5 Å². The van der Waals surface area contributed by atoms with Gasteiger partial charge in [0.15, 0.2) is 0 Å². The van der Waals surface area contributed by atoms with E-state index in [0.29, 0.717) is 23.6 Å². The van der Waals surface area contributed by atoms with E-state index in [4.69, 9.17) is 16.0 Å². The fourth-order valence-electron chi connectivity index (χ4n) is 2.28. The SMILES string of the molecule is O=C(NCCc1coc2ccccc12)c1ccccc1Cl. The number of carbonyl (C=O) groups is 1. The van der Waals surface area contributed by atoms with Crippen LogP contribution in [0.25, 0.3) is 11.0 Å². The van der Waals surface area contributed by atoms with Crippen LogP contribution >= 0.6 is 11.6 Å². The highest BCUT2D eigenvalue weighted by atomic mass is 35.5. The molecule has 1 amide bonds. The number of nitrogens with one attached hydrogen (secondary N) is 1. The van der Waals surface area contributed by atoms with E-state index in [0.717, 1.165) is 16.5 Å². The third kappa shape index (κ3) is 2.93. The quantitative estimate of drug-likeness (QED) is 0.789. The Morgan fingerprint density at radius 1 is 1.10 bits per heavy atom. The van der Waals surface area contributed by atoms with E-state index in [1.165, 1.54) is 0 Å². The summed E-state index contributed by atoms with van der Waals surface area (Å²) in [6.45, 7) is 0.535. The summed E-state index contributed by atoms with van der Waals surface area (Å²) < 4.78 is 5.48. The molecule has 0 saturated heterocycles. The van der Waals surface area contributed by atoms with Gasteiger partial charge in [-0.25, -0.2) is 0 Å². The predicted octanol–water partition coefficient (Wildman–Crippen LogP) is 4.06. The first kappa shape index (κ1) is 13.7. The van der Waals surface area contributed by atoms with Gasteiger partial charge >= 0.3 is 0 Å². The molecular formula is C17H14ClNO2. The predicted molar refractivity (Wildman–Crippen MR) is 83.7 cm³/mol. The summed E-state index contributed by atoms with van der Waals surface area (Å²) in [5.74, 6) is -0.159. The maximum atomic E-state index is 12.0. The molecule has 2 aromatic carbocycles. The highest BCUT2D eigenvalue weighted by Crippen LogP contribution is 2.21. The van der Waals surface area contributed by atoms with E-state index < -0.39 is 0 Å². The molecule has 0 spiro atoms. The van der Waals surface area contributed by atoms with E-state index in [2.05, 4.69) is 5.32 Å². The zero-order chi connectivity index (χ0) is 14.7. The lowest BCUT2D eigenvalue weighted by Gasteiger charge is -2.06. The van der Waals surface area contributed by atoms with Crippen molar-refractivity contribution in [2.45, 2.75) is 6.42 Å². The number of halogens is 1. The molecule has 106 valence electrons. The second-order valence-corrected chi connectivity index (χ2v) is 5.15. The lowest BCUT2D eigenvalue weighted by atomic mass is 10.1. The van der Waals surface area contributed by atoms with Crippen LogP contribution in [0.2, 0.25) is 5.02 Å². The largest absolute Gasteiger partial charge is 0.464 e. The van der Waals surface area contributed by atoms with E-state index in [1.54, 1.807) is 30.5 Å². The van der Waals surface area contributed by atoms with Crippen molar-refractivity contribution < 1.29 is 9.21 Å². The Morgan fingerprint density at radius 3 is 2.71 bits per heavy atom. The van der Waals surface area contributed by atoms with Gasteiger partial charge in [0.25, 0.3) is 5.91 Å². The molecular weight excluding hydrogens is 286 g/mol. The van der Waals surface area contributed by atoms with Crippen molar-refractivity contribution in [1.29, 1.82) is 0 Å². The van der Waals surface area contributed by atoms with E-state index in [-0.39, 0.29) is 5.91 Å². The number of para-hydroxylation sites is 1. The van der Waals surface area contributed by atoms with Crippen molar-refractivity contribution in [1.82, 2.24) is 5.32 Å². The second kappa shape index (κ2) is 6.02. The van der Waals surface area contributed by atoms with E-state index in [9.17, 15) is 4.79 Å². The smallest absolute Gasteiger partial charge is 0.252 e. The molecule has 4 heteroatoms. The first-order chi connectivity index (χ1) is 10.3. The van der Waals surface area contributed by atoms with Crippen LogP contribution < -0.4 is 5.32 Å². The summed E-state index contributed by atoms with van der Waals surface area (Å²) in [4.78, 5) is 12.0. The van der Waals surface area contributed by atoms with Crippen LogP contribution in [0.5, 0.6) is 0 Å². The van der Waals surface area contributed by atoms with Gasteiger partial charge in [-0.3, -0.25) is 4.79 Å². The summed E-state index contributed by atoms with van der Waals surface area (Å²) in [6, 6.07) is 14.9. The molecule has 1 heterocycles. The van der Waals surface area contributed by atoms with Crippen LogP contribution in [0.1, 0.15) is 15.9 Å². The van der Waals surface area contributed by atoms with Gasteiger partial charge in [-0.1, -0.05) is 41.9 Å². The van der Waals surface area contributed by atoms with Crippen molar-refractivity contribution in [3.05, 3.63) is 70.9 Å². The Balaban J connectivity index is 1.64. The van der Waals surface area contributed by atoms with Crippen molar-refractivity contribution >= 4 is 28.5 Å². The summed E-state index contributed by atoms with van der Waals surface area (Å²) in [5.41, 5.74) is 2.45. The summed E-state index contributed by atoms with van der Waals surface area (Å²) in [5, 5.41) is 4.43. The van der Waals surface area contributed by atoms with Gasteiger partial charge in [-0.05, 0) is 30.2 Å². The minimum Gasteiger partial charge on any atom is -0.464 e. The van der Waals surface area contributed by atoms with Crippen molar-refractivity contribution in [3.63, 3.8) is 0 Å². The van der Waals surface area contributed by atoms with E-state index >= 15 is 0 Å².